The molecular weight excluding hydrogens is 321 g/mol. The Bertz CT molecular complexity index is 513. The van der Waals surface area contributed by atoms with Crippen LogP contribution in [0.25, 0.3) is 0 Å². The summed E-state index contributed by atoms with van der Waals surface area (Å²) in [6, 6.07) is 8.95. The van der Waals surface area contributed by atoms with Crippen LogP contribution in [0, 0.1) is 0 Å². The van der Waals surface area contributed by atoms with Crippen LogP contribution in [0.3, 0.4) is 0 Å². The normalized spacial score (nSPS) is 19.0. The molecule has 0 spiro atoms. The second-order valence-electron chi connectivity index (χ2n) is 5.42. The molecule has 7 heteroatoms. The van der Waals surface area contributed by atoms with Gasteiger partial charge in [-0.3, -0.25) is 9.59 Å². The Balaban J connectivity index is 0.00000264. The van der Waals surface area contributed by atoms with E-state index in [4.69, 9.17) is 0 Å². The number of hydrogen-bond acceptors (Lipinski definition) is 3. The Morgan fingerprint density at radius 2 is 2.13 bits per heavy atom. The van der Waals surface area contributed by atoms with E-state index in [0.717, 1.165) is 5.56 Å². The Kier molecular flexibility index (Phi) is 7.98. The van der Waals surface area contributed by atoms with Crippen LogP contribution in [0.15, 0.2) is 30.3 Å². The summed E-state index contributed by atoms with van der Waals surface area (Å²) < 4.78 is 12.4. The van der Waals surface area contributed by atoms with E-state index in [1.54, 1.807) is 0 Å². The summed E-state index contributed by atoms with van der Waals surface area (Å²) in [5, 5.41) is 5.91. The lowest BCUT2D eigenvalue weighted by Crippen LogP contribution is -2.56. The molecule has 1 aliphatic heterocycles. The van der Waals surface area contributed by atoms with E-state index < -0.39 is 12.7 Å². The van der Waals surface area contributed by atoms with Crippen LogP contribution in [0.2, 0.25) is 0 Å². The van der Waals surface area contributed by atoms with Crippen molar-refractivity contribution in [1.29, 1.82) is 0 Å². The summed E-state index contributed by atoms with van der Waals surface area (Å²) in [6.45, 7) is 2.51. The fraction of sp³-hybridized carbons (Fsp3) is 0.500. The molecule has 2 unspecified atom stereocenters. The lowest BCUT2D eigenvalue weighted by Gasteiger charge is -2.32. The van der Waals surface area contributed by atoms with Gasteiger partial charge in [-0.15, -0.1) is 12.4 Å². The van der Waals surface area contributed by atoms with Gasteiger partial charge in [-0.2, -0.15) is 0 Å². The number of nitrogens with zero attached hydrogens (tertiary/aromatic N) is 1. The van der Waals surface area contributed by atoms with Gasteiger partial charge in [-0.25, -0.2) is 4.39 Å². The molecule has 2 amide bonds. The smallest absolute Gasteiger partial charge is 0.240 e. The van der Waals surface area contributed by atoms with Crippen LogP contribution < -0.4 is 10.6 Å². The summed E-state index contributed by atoms with van der Waals surface area (Å²) in [5.41, 5.74) is 1.01. The second-order valence-corrected chi connectivity index (χ2v) is 5.42. The van der Waals surface area contributed by atoms with Crippen LogP contribution in [-0.2, 0) is 9.59 Å². The van der Waals surface area contributed by atoms with Gasteiger partial charge >= 0.3 is 0 Å². The molecule has 0 aromatic heterocycles. The van der Waals surface area contributed by atoms with Crippen LogP contribution >= 0.6 is 12.4 Å². The van der Waals surface area contributed by atoms with E-state index in [-0.39, 0.29) is 43.2 Å². The number of halogens is 2. The number of rotatable bonds is 6. The van der Waals surface area contributed by atoms with E-state index in [1.165, 1.54) is 4.90 Å². The first-order chi connectivity index (χ1) is 10.6. The highest BCUT2D eigenvalue weighted by molar-refractivity contribution is 5.89. The molecule has 5 nitrogen and oxygen atoms in total. The van der Waals surface area contributed by atoms with Crippen molar-refractivity contribution in [3.63, 3.8) is 0 Å². The zero-order valence-electron chi connectivity index (χ0n) is 13.1. The highest BCUT2D eigenvalue weighted by Gasteiger charge is 2.30. The van der Waals surface area contributed by atoms with Crippen molar-refractivity contribution in [3.8, 4) is 0 Å². The summed E-state index contributed by atoms with van der Waals surface area (Å²) in [4.78, 5) is 25.7. The number of nitrogens with one attached hydrogen (secondary N) is 2. The van der Waals surface area contributed by atoms with E-state index in [9.17, 15) is 14.0 Å². The van der Waals surface area contributed by atoms with Gasteiger partial charge in [-0.05, 0) is 12.5 Å². The second kappa shape index (κ2) is 9.47. The zero-order chi connectivity index (χ0) is 15.9. The maximum absolute atomic E-state index is 12.4. The summed E-state index contributed by atoms with van der Waals surface area (Å²) in [5.74, 6) is -0.393. The molecule has 0 aliphatic carbocycles. The monoisotopic (exact) mass is 343 g/mol. The fourth-order valence-corrected chi connectivity index (χ4v) is 2.59. The van der Waals surface area contributed by atoms with Gasteiger partial charge in [-0.1, -0.05) is 30.3 Å². The number of amides is 2. The summed E-state index contributed by atoms with van der Waals surface area (Å²) >= 11 is 0. The fourth-order valence-electron chi connectivity index (χ4n) is 2.59. The highest BCUT2D eigenvalue weighted by atomic mass is 35.5. The Hall–Kier alpha value is -1.66. The van der Waals surface area contributed by atoms with Crippen LogP contribution in [0.4, 0.5) is 4.39 Å². The molecule has 2 atom stereocenters. The number of piperazine rings is 1. The van der Waals surface area contributed by atoms with Gasteiger partial charge in [0.15, 0.2) is 0 Å². The predicted molar refractivity (Wildman–Crippen MR) is 89.2 cm³/mol. The molecule has 0 saturated carbocycles. The maximum Gasteiger partial charge on any atom is 0.240 e. The molecule has 2 rings (SSSR count). The lowest BCUT2D eigenvalue weighted by molar-refractivity contribution is -0.138. The van der Waals surface area contributed by atoms with Crippen molar-refractivity contribution in [2.75, 3.05) is 26.3 Å². The van der Waals surface area contributed by atoms with Gasteiger partial charge < -0.3 is 15.5 Å². The third-order valence-electron chi connectivity index (χ3n) is 3.80. The van der Waals surface area contributed by atoms with Crippen molar-refractivity contribution >= 4 is 24.2 Å². The third kappa shape index (κ3) is 5.48. The molecule has 1 aliphatic rings. The molecule has 1 saturated heterocycles. The highest BCUT2D eigenvalue weighted by Crippen LogP contribution is 2.12. The van der Waals surface area contributed by atoms with Gasteiger partial charge in [0, 0.05) is 19.6 Å². The molecule has 0 bridgehead atoms. The van der Waals surface area contributed by atoms with Crippen molar-refractivity contribution in [1.82, 2.24) is 15.5 Å². The summed E-state index contributed by atoms with van der Waals surface area (Å²) in [6.07, 6.45) is 0.0682. The van der Waals surface area contributed by atoms with Crippen LogP contribution in [0.1, 0.15) is 24.9 Å². The van der Waals surface area contributed by atoms with Gasteiger partial charge in [0.05, 0.1) is 18.5 Å². The average molecular weight is 344 g/mol. The minimum Gasteiger partial charge on any atom is -0.350 e. The summed E-state index contributed by atoms with van der Waals surface area (Å²) in [7, 11) is 0. The Labute approximate surface area is 142 Å². The first-order valence-corrected chi connectivity index (χ1v) is 7.54. The van der Waals surface area contributed by atoms with E-state index in [0.29, 0.717) is 13.1 Å². The zero-order valence-corrected chi connectivity index (χ0v) is 13.9. The molecule has 1 heterocycles. The standard InChI is InChI=1S/C16H22FN3O2.ClH/c1-12(13-5-3-2-4-6-13)19-15(21)11-14-16(22)20(9-7-17)10-8-18-14;/h2-6,12,14,18H,7-11H2,1H3,(H,19,21);1H. The number of alkyl halides is 1. The SMILES string of the molecule is CC(NC(=O)CC1NCCN(CCF)C1=O)c1ccccc1.Cl. The molecule has 1 aromatic rings. The molecule has 128 valence electrons. The van der Waals surface area contributed by atoms with Crippen molar-refractivity contribution in [3.05, 3.63) is 35.9 Å². The molecule has 2 N–H and O–H groups in total. The van der Waals surface area contributed by atoms with Gasteiger partial charge in [0.2, 0.25) is 11.8 Å². The molecule has 1 aromatic carbocycles. The van der Waals surface area contributed by atoms with Gasteiger partial charge in [0.1, 0.15) is 6.67 Å². The third-order valence-corrected chi connectivity index (χ3v) is 3.80. The lowest BCUT2D eigenvalue weighted by atomic mass is 10.1. The Morgan fingerprint density at radius 3 is 2.78 bits per heavy atom. The maximum atomic E-state index is 12.4. The number of carbonyl (C=O) groups excluding carboxylic acids is 2. The minimum atomic E-state index is -0.566. The first-order valence-electron chi connectivity index (χ1n) is 7.54. The largest absolute Gasteiger partial charge is 0.350 e. The molecular formula is C16H23ClFN3O2. The van der Waals surface area contributed by atoms with Gasteiger partial charge in [0.25, 0.3) is 0 Å². The Morgan fingerprint density at radius 1 is 1.43 bits per heavy atom. The van der Waals surface area contributed by atoms with Crippen LogP contribution in [-0.4, -0.2) is 49.1 Å². The van der Waals surface area contributed by atoms with Crippen molar-refractivity contribution in [2.45, 2.75) is 25.4 Å². The minimum absolute atomic E-state index is 0. The molecule has 1 fully saturated rings. The van der Waals surface area contributed by atoms with Crippen LogP contribution in [0.5, 0.6) is 0 Å². The quantitative estimate of drug-likeness (QED) is 0.821. The average Bonchev–Trinajstić information content (AvgIpc) is 2.52. The topological polar surface area (TPSA) is 61.4 Å². The molecule has 0 radical (unpaired) electrons. The number of carbonyl (C=O) groups is 2. The van der Waals surface area contributed by atoms with E-state index in [2.05, 4.69) is 10.6 Å². The number of hydrogen-bond donors (Lipinski definition) is 2. The predicted octanol–water partition coefficient (Wildman–Crippen LogP) is 1.45. The van der Waals surface area contributed by atoms with E-state index >= 15 is 0 Å². The van der Waals surface area contributed by atoms with E-state index in [1.807, 2.05) is 37.3 Å². The molecule has 23 heavy (non-hydrogen) atoms. The first kappa shape index (κ1) is 19.4. The number of benzene rings is 1. The van der Waals surface area contributed by atoms with Crippen molar-refractivity contribution in [2.24, 2.45) is 0 Å². The van der Waals surface area contributed by atoms with Crippen molar-refractivity contribution < 1.29 is 14.0 Å².